The summed E-state index contributed by atoms with van der Waals surface area (Å²) in [6, 6.07) is 3.20. The Hall–Kier alpha value is -1.43. The molecule has 0 atom stereocenters. The summed E-state index contributed by atoms with van der Waals surface area (Å²) in [6.45, 7) is 0.412. The molecule has 4 nitrogen and oxygen atoms in total. The van der Waals surface area contributed by atoms with Gasteiger partial charge in [-0.15, -0.1) is 11.3 Å². The number of benzene rings is 1. The van der Waals surface area contributed by atoms with Crippen molar-refractivity contribution in [2.24, 2.45) is 0 Å². The van der Waals surface area contributed by atoms with Crippen LogP contribution in [0.1, 0.15) is 42.3 Å². The number of aromatic nitrogens is 3. The van der Waals surface area contributed by atoms with Crippen molar-refractivity contribution in [2.45, 2.75) is 38.1 Å². The molecule has 0 N–H and O–H groups in total. The van der Waals surface area contributed by atoms with Crippen LogP contribution < -0.4 is 5.56 Å². The first-order valence-electron chi connectivity index (χ1n) is 7.90. The van der Waals surface area contributed by atoms with Gasteiger partial charge < -0.3 is 0 Å². The Kier molecular flexibility index (Phi) is 4.33. The number of hydrogen-bond donors (Lipinski definition) is 0. The van der Waals surface area contributed by atoms with Gasteiger partial charge in [-0.05, 0) is 25.0 Å². The zero-order chi connectivity index (χ0) is 16.7. The summed E-state index contributed by atoms with van der Waals surface area (Å²) >= 11 is 13.8. The van der Waals surface area contributed by atoms with E-state index in [1.165, 1.54) is 37.0 Å². The molecule has 0 saturated heterocycles. The van der Waals surface area contributed by atoms with Crippen LogP contribution in [0.5, 0.6) is 0 Å². The van der Waals surface area contributed by atoms with Crippen molar-refractivity contribution in [1.29, 1.82) is 0 Å². The van der Waals surface area contributed by atoms with Gasteiger partial charge in [0.05, 0.1) is 39.5 Å². The van der Waals surface area contributed by atoms with Gasteiger partial charge >= 0.3 is 0 Å². The van der Waals surface area contributed by atoms with E-state index < -0.39 is 0 Å². The lowest BCUT2D eigenvalue weighted by molar-refractivity contribution is 0.694. The molecule has 0 amide bonds. The van der Waals surface area contributed by atoms with Crippen LogP contribution in [0.4, 0.5) is 0 Å². The van der Waals surface area contributed by atoms with Gasteiger partial charge in [-0.3, -0.25) is 9.36 Å². The highest BCUT2D eigenvalue weighted by Gasteiger charge is 2.20. The van der Waals surface area contributed by atoms with Crippen LogP contribution >= 0.6 is 34.5 Å². The molecule has 1 aliphatic carbocycles. The fourth-order valence-corrected chi connectivity index (χ4v) is 4.76. The molecule has 1 fully saturated rings. The second kappa shape index (κ2) is 6.47. The average molecular weight is 380 g/mol. The van der Waals surface area contributed by atoms with Crippen molar-refractivity contribution in [2.75, 3.05) is 0 Å². The Morgan fingerprint density at radius 1 is 1.25 bits per heavy atom. The zero-order valence-corrected chi connectivity index (χ0v) is 15.2. The van der Waals surface area contributed by atoms with E-state index >= 15 is 0 Å². The third-order valence-electron chi connectivity index (χ3n) is 4.45. The molecule has 4 rings (SSSR count). The van der Waals surface area contributed by atoms with Gasteiger partial charge in [-0.1, -0.05) is 36.0 Å². The molecule has 1 saturated carbocycles. The van der Waals surface area contributed by atoms with Gasteiger partial charge in [0.2, 0.25) is 0 Å². The molecule has 0 spiro atoms. The Bertz CT molecular complexity index is 960. The van der Waals surface area contributed by atoms with Crippen LogP contribution in [0.3, 0.4) is 0 Å². The summed E-state index contributed by atoms with van der Waals surface area (Å²) < 4.78 is 1.56. The number of rotatable bonds is 3. The summed E-state index contributed by atoms with van der Waals surface area (Å²) in [6.07, 6.45) is 6.55. The molecule has 0 unspecified atom stereocenters. The molecule has 0 radical (unpaired) electrons. The highest BCUT2D eigenvalue weighted by Crippen LogP contribution is 2.35. The number of thiazole rings is 1. The number of hydrogen-bond acceptors (Lipinski definition) is 4. The quantitative estimate of drug-likeness (QED) is 0.652. The molecule has 1 aromatic carbocycles. The largest absolute Gasteiger partial charge is 0.293 e. The van der Waals surface area contributed by atoms with Crippen molar-refractivity contribution in [3.63, 3.8) is 0 Å². The lowest BCUT2D eigenvalue weighted by atomic mass is 10.1. The van der Waals surface area contributed by atoms with Gasteiger partial charge in [0.25, 0.3) is 5.56 Å². The van der Waals surface area contributed by atoms with E-state index in [-0.39, 0.29) is 5.56 Å². The fraction of sp³-hybridized carbons (Fsp3) is 0.353. The van der Waals surface area contributed by atoms with Crippen LogP contribution in [0, 0.1) is 0 Å². The van der Waals surface area contributed by atoms with Crippen molar-refractivity contribution >= 4 is 45.4 Å². The van der Waals surface area contributed by atoms with E-state index in [0.29, 0.717) is 33.4 Å². The SMILES string of the molecule is O=c1c2cc(Cl)cc(Cl)c2ncn1Cc1csc(C2CCCC2)n1. The third kappa shape index (κ3) is 2.96. The molecule has 124 valence electrons. The monoisotopic (exact) mass is 379 g/mol. The summed E-state index contributed by atoms with van der Waals surface area (Å²) in [5.74, 6) is 0.591. The van der Waals surface area contributed by atoms with E-state index in [0.717, 1.165) is 5.69 Å². The standard InChI is InChI=1S/C17H15Cl2N3OS/c18-11-5-13-15(14(19)6-11)20-9-22(17(13)23)7-12-8-24-16(21-12)10-3-1-2-4-10/h5-6,8-10H,1-4,7H2. The summed E-state index contributed by atoms with van der Waals surface area (Å²) in [7, 11) is 0. The molecule has 2 aromatic heterocycles. The minimum Gasteiger partial charge on any atom is -0.293 e. The number of halogens is 2. The summed E-state index contributed by atoms with van der Waals surface area (Å²) in [5, 5.41) is 4.48. The van der Waals surface area contributed by atoms with Crippen molar-refractivity contribution < 1.29 is 0 Å². The molecule has 2 heterocycles. The molecule has 24 heavy (non-hydrogen) atoms. The van der Waals surface area contributed by atoms with E-state index in [1.54, 1.807) is 28.0 Å². The van der Waals surface area contributed by atoms with Gasteiger partial charge in [0.15, 0.2) is 0 Å². The van der Waals surface area contributed by atoms with E-state index in [1.807, 2.05) is 5.38 Å². The molecular weight excluding hydrogens is 365 g/mol. The first kappa shape index (κ1) is 16.1. The van der Waals surface area contributed by atoms with Crippen LogP contribution in [0.15, 0.2) is 28.6 Å². The fourth-order valence-electron chi connectivity index (χ4n) is 3.24. The first-order chi connectivity index (χ1) is 11.6. The van der Waals surface area contributed by atoms with Gasteiger partial charge in [-0.2, -0.15) is 0 Å². The van der Waals surface area contributed by atoms with E-state index in [9.17, 15) is 4.79 Å². The Labute approximate surface area is 153 Å². The average Bonchev–Trinajstić information content (AvgIpc) is 3.21. The second-order valence-corrected chi connectivity index (χ2v) is 7.85. The Morgan fingerprint density at radius 2 is 2.04 bits per heavy atom. The minimum atomic E-state index is -0.153. The maximum atomic E-state index is 12.7. The maximum absolute atomic E-state index is 12.7. The molecular formula is C17H15Cl2N3OS. The second-order valence-electron chi connectivity index (χ2n) is 6.12. The van der Waals surface area contributed by atoms with E-state index in [2.05, 4.69) is 4.98 Å². The highest BCUT2D eigenvalue weighted by molar-refractivity contribution is 7.09. The number of nitrogens with zero attached hydrogens (tertiary/aromatic N) is 3. The van der Waals surface area contributed by atoms with Gasteiger partial charge in [0, 0.05) is 16.3 Å². The van der Waals surface area contributed by atoms with Crippen molar-refractivity contribution in [3.8, 4) is 0 Å². The number of fused-ring (bicyclic) bond motifs is 1. The Morgan fingerprint density at radius 3 is 2.83 bits per heavy atom. The lowest BCUT2D eigenvalue weighted by Gasteiger charge is -2.07. The topological polar surface area (TPSA) is 47.8 Å². The van der Waals surface area contributed by atoms with Crippen LogP contribution in [-0.2, 0) is 6.54 Å². The van der Waals surface area contributed by atoms with Crippen LogP contribution in [0.2, 0.25) is 10.0 Å². The lowest BCUT2D eigenvalue weighted by Crippen LogP contribution is -2.21. The predicted octanol–water partition coefficient (Wildman–Crippen LogP) is 4.87. The normalized spacial score (nSPS) is 15.4. The summed E-state index contributed by atoms with van der Waals surface area (Å²) in [4.78, 5) is 21.7. The summed E-state index contributed by atoms with van der Waals surface area (Å²) in [5.41, 5.74) is 1.23. The smallest absolute Gasteiger partial charge is 0.261 e. The Balaban J connectivity index is 1.67. The highest BCUT2D eigenvalue weighted by atomic mass is 35.5. The zero-order valence-electron chi connectivity index (χ0n) is 12.8. The van der Waals surface area contributed by atoms with Crippen molar-refractivity contribution in [1.82, 2.24) is 14.5 Å². The minimum absolute atomic E-state index is 0.153. The molecule has 7 heteroatoms. The van der Waals surface area contributed by atoms with E-state index in [4.69, 9.17) is 28.2 Å². The maximum Gasteiger partial charge on any atom is 0.261 e. The molecule has 0 bridgehead atoms. The van der Waals surface area contributed by atoms with Gasteiger partial charge in [0.1, 0.15) is 0 Å². The van der Waals surface area contributed by atoms with Crippen LogP contribution in [0.25, 0.3) is 10.9 Å². The first-order valence-corrected chi connectivity index (χ1v) is 9.54. The molecule has 0 aliphatic heterocycles. The molecule has 1 aliphatic rings. The van der Waals surface area contributed by atoms with Crippen LogP contribution in [-0.4, -0.2) is 14.5 Å². The predicted molar refractivity (Wildman–Crippen MR) is 98.4 cm³/mol. The molecule has 3 aromatic rings. The van der Waals surface area contributed by atoms with Crippen molar-refractivity contribution in [3.05, 3.63) is 54.9 Å². The third-order valence-corrected chi connectivity index (χ3v) is 6.01. The van der Waals surface area contributed by atoms with Gasteiger partial charge in [-0.25, -0.2) is 9.97 Å².